The highest BCUT2D eigenvalue weighted by Crippen LogP contribution is 2.22. The summed E-state index contributed by atoms with van der Waals surface area (Å²) in [6, 6.07) is 18.9. The van der Waals surface area contributed by atoms with Gasteiger partial charge < -0.3 is 20.9 Å². The molecule has 1 saturated heterocycles. The minimum absolute atomic E-state index is 0.176. The normalized spacial score (nSPS) is 13.6. The lowest BCUT2D eigenvalue weighted by Gasteiger charge is -2.37. The fraction of sp³-hybridized carbons (Fsp3) is 0.208. The number of nitrogen functional groups attached to an aromatic ring is 1. The zero-order valence-corrected chi connectivity index (χ0v) is 19.2. The molecule has 4 rings (SSSR count). The first-order valence-corrected chi connectivity index (χ1v) is 11.8. The number of hydrogen-bond acceptors (Lipinski definition) is 6. The fourth-order valence-corrected chi connectivity index (χ4v) is 4.70. The van der Waals surface area contributed by atoms with Crippen LogP contribution in [0.5, 0.6) is 0 Å². The molecule has 1 fully saturated rings. The molecule has 8 heteroatoms. The molecule has 3 N–H and O–H groups in total. The summed E-state index contributed by atoms with van der Waals surface area (Å²) < 4.78 is 0.917. The average Bonchev–Trinajstić information content (AvgIpc) is 2.85. The minimum atomic E-state index is -0.176. The first-order chi connectivity index (χ1) is 15.6. The van der Waals surface area contributed by atoms with E-state index in [1.807, 2.05) is 60.9 Å². The maximum Gasteiger partial charge on any atom is 0.255 e. The minimum Gasteiger partial charge on any atom is -0.397 e. The molecule has 2 heterocycles. The second kappa shape index (κ2) is 10.5. The highest BCUT2D eigenvalue weighted by molar-refractivity contribution is 8.22. The van der Waals surface area contributed by atoms with Crippen LogP contribution in [0.15, 0.2) is 73.1 Å². The van der Waals surface area contributed by atoms with Gasteiger partial charge in [0.2, 0.25) is 0 Å². The Labute approximate surface area is 197 Å². The number of rotatable bonds is 5. The van der Waals surface area contributed by atoms with Crippen LogP contribution in [0.3, 0.4) is 0 Å². The van der Waals surface area contributed by atoms with E-state index in [1.165, 1.54) is 5.69 Å². The van der Waals surface area contributed by atoms with Gasteiger partial charge in [-0.05, 0) is 42.0 Å². The van der Waals surface area contributed by atoms with Gasteiger partial charge >= 0.3 is 0 Å². The molecule has 2 aromatic carbocycles. The fourth-order valence-electron chi connectivity index (χ4n) is 3.50. The van der Waals surface area contributed by atoms with Gasteiger partial charge in [0.1, 0.15) is 4.32 Å². The van der Waals surface area contributed by atoms with E-state index in [0.717, 1.165) is 41.8 Å². The summed E-state index contributed by atoms with van der Waals surface area (Å²) in [5.74, 6) is 0.599. The van der Waals surface area contributed by atoms with Gasteiger partial charge in [0, 0.05) is 55.6 Å². The smallest absolute Gasteiger partial charge is 0.255 e. The number of nitrogens with zero attached hydrogens (tertiary/aromatic N) is 3. The Morgan fingerprint density at radius 3 is 2.38 bits per heavy atom. The lowest BCUT2D eigenvalue weighted by atomic mass is 10.1. The molecular weight excluding hydrogens is 438 g/mol. The number of aromatic nitrogens is 1. The van der Waals surface area contributed by atoms with E-state index in [4.69, 9.17) is 18.0 Å². The zero-order valence-electron chi connectivity index (χ0n) is 17.6. The van der Waals surface area contributed by atoms with Crippen LogP contribution in [0.25, 0.3) is 0 Å². The lowest BCUT2D eigenvalue weighted by molar-refractivity contribution is 0.102. The van der Waals surface area contributed by atoms with Crippen molar-refractivity contribution < 1.29 is 4.79 Å². The third kappa shape index (κ3) is 5.57. The Bertz CT molecular complexity index is 1070. The molecule has 1 aliphatic rings. The van der Waals surface area contributed by atoms with Crippen molar-refractivity contribution in [3.8, 4) is 0 Å². The number of benzene rings is 2. The Balaban J connectivity index is 1.25. The number of amides is 1. The Morgan fingerprint density at radius 2 is 1.69 bits per heavy atom. The number of piperazine rings is 1. The van der Waals surface area contributed by atoms with E-state index >= 15 is 0 Å². The van der Waals surface area contributed by atoms with Gasteiger partial charge in [0.15, 0.2) is 0 Å². The van der Waals surface area contributed by atoms with Gasteiger partial charge in [-0.25, -0.2) is 0 Å². The van der Waals surface area contributed by atoms with E-state index in [2.05, 4.69) is 20.1 Å². The van der Waals surface area contributed by atoms with Crippen molar-refractivity contribution in [3.63, 3.8) is 0 Å². The number of carbonyl (C=O) groups is 1. The van der Waals surface area contributed by atoms with E-state index in [-0.39, 0.29) is 5.91 Å². The molecule has 3 aromatic rings. The summed E-state index contributed by atoms with van der Waals surface area (Å²) in [6.07, 6.45) is 3.66. The molecule has 32 heavy (non-hydrogen) atoms. The molecular formula is C24H25N5OS2. The van der Waals surface area contributed by atoms with Crippen LogP contribution in [0.4, 0.5) is 17.1 Å². The topological polar surface area (TPSA) is 74.5 Å². The van der Waals surface area contributed by atoms with Gasteiger partial charge in [-0.3, -0.25) is 9.78 Å². The molecule has 0 bridgehead atoms. The van der Waals surface area contributed by atoms with E-state index in [1.54, 1.807) is 23.9 Å². The van der Waals surface area contributed by atoms with E-state index in [0.29, 0.717) is 16.9 Å². The molecule has 0 saturated carbocycles. The van der Waals surface area contributed by atoms with Crippen molar-refractivity contribution in [1.29, 1.82) is 0 Å². The van der Waals surface area contributed by atoms with Crippen molar-refractivity contribution in [3.05, 3.63) is 84.2 Å². The standard InChI is InChI=1S/C24H25N5OS2/c25-21-3-1-2-4-22(21)27-23(30)19-7-5-18(6-8-19)17-32-24(31)29-15-13-28(14-16-29)20-9-11-26-12-10-20/h1-12H,13-17,25H2,(H,27,30). The maximum atomic E-state index is 12.5. The van der Waals surface area contributed by atoms with Crippen molar-refractivity contribution in [2.75, 3.05) is 42.1 Å². The summed E-state index contributed by atoms with van der Waals surface area (Å²) >= 11 is 7.33. The van der Waals surface area contributed by atoms with Crippen LogP contribution in [-0.4, -0.2) is 46.3 Å². The maximum absolute atomic E-state index is 12.5. The molecule has 6 nitrogen and oxygen atoms in total. The summed E-state index contributed by atoms with van der Waals surface area (Å²) in [5, 5.41) is 2.85. The predicted octanol–water partition coefficient (Wildman–Crippen LogP) is 4.26. The summed E-state index contributed by atoms with van der Waals surface area (Å²) in [5.41, 5.74) is 9.99. The Hall–Kier alpha value is -3.10. The van der Waals surface area contributed by atoms with Crippen LogP contribution in [0.2, 0.25) is 0 Å². The third-order valence-electron chi connectivity index (χ3n) is 5.35. The van der Waals surface area contributed by atoms with Crippen molar-refractivity contribution in [2.45, 2.75) is 5.75 Å². The molecule has 0 unspecified atom stereocenters. The first-order valence-electron chi connectivity index (χ1n) is 10.4. The third-order valence-corrected chi connectivity index (χ3v) is 6.95. The molecule has 1 aromatic heterocycles. The van der Waals surface area contributed by atoms with Crippen LogP contribution >= 0.6 is 24.0 Å². The second-order valence-electron chi connectivity index (χ2n) is 7.47. The summed E-state index contributed by atoms with van der Waals surface area (Å²) in [6.45, 7) is 3.71. The molecule has 0 aliphatic carbocycles. The highest BCUT2D eigenvalue weighted by Gasteiger charge is 2.19. The molecule has 164 valence electrons. The lowest BCUT2D eigenvalue weighted by Crippen LogP contribution is -2.47. The van der Waals surface area contributed by atoms with Crippen LogP contribution in [-0.2, 0) is 5.75 Å². The SMILES string of the molecule is Nc1ccccc1NC(=O)c1ccc(CSC(=S)N2CCN(c3ccncc3)CC2)cc1. The molecule has 1 amide bonds. The number of nitrogens with two attached hydrogens (primary N) is 1. The van der Waals surface area contributed by atoms with Crippen molar-refractivity contribution in [2.24, 2.45) is 0 Å². The van der Waals surface area contributed by atoms with Gasteiger partial charge in [-0.1, -0.05) is 48.2 Å². The van der Waals surface area contributed by atoms with Crippen LogP contribution in [0, 0.1) is 0 Å². The van der Waals surface area contributed by atoms with Crippen LogP contribution < -0.4 is 16.0 Å². The van der Waals surface area contributed by atoms with Gasteiger partial charge in [-0.2, -0.15) is 0 Å². The molecule has 0 radical (unpaired) electrons. The number of anilines is 3. The van der Waals surface area contributed by atoms with Gasteiger partial charge in [0.05, 0.1) is 11.4 Å². The first kappa shape index (κ1) is 22.1. The van der Waals surface area contributed by atoms with E-state index in [9.17, 15) is 4.79 Å². The monoisotopic (exact) mass is 463 g/mol. The largest absolute Gasteiger partial charge is 0.397 e. The van der Waals surface area contributed by atoms with Crippen LogP contribution in [0.1, 0.15) is 15.9 Å². The highest BCUT2D eigenvalue weighted by atomic mass is 32.2. The van der Waals surface area contributed by atoms with Crippen molar-refractivity contribution in [1.82, 2.24) is 9.88 Å². The number of nitrogens with one attached hydrogen (secondary N) is 1. The Morgan fingerprint density at radius 1 is 1.00 bits per heavy atom. The number of pyridine rings is 1. The molecule has 0 spiro atoms. The number of thiocarbonyl (C=S) groups is 1. The Kier molecular flexibility index (Phi) is 7.24. The van der Waals surface area contributed by atoms with E-state index < -0.39 is 0 Å². The average molecular weight is 464 g/mol. The molecule has 0 atom stereocenters. The van der Waals surface area contributed by atoms with Crippen molar-refractivity contribution >= 4 is 51.3 Å². The summed E-state index contributed by atoms with van der Waals surface area (Å²) in [4.78, 5) is 21.2. The number of hydrogen-bond donors (Lipinski definition) is 2. The summed E-state index contributed by atoms with van der Waals surface area (Å²) in [7, 11) is 0. The quantitative estimate of drug-likeness (QED) is 0.433. The predicted molar refractivity (Wildman–Crippen MR) is 137 cm³/mol. The number of para-hydroxylation sites is 2. The number of thioether (sulfide) groups is 1. The van der Waals surface area contributed by atoms with Gasteiger partial charge in [-0.15, -0.1) is 0 Å². The second-order valence-corrected chi connectivity index (χ2v) is 9.08. The number of carbonyl (C=O) groups excluding carboxylic acids is 1. The zero-order chi connectivity index (χ0) is 22.3. The molecule has 1 aliphatic heterocycles. The van der Waals surface area contributed by atoms with Gasteiger partial charge in [0.25, 0.3) is 5.91 Å².